The van der Waals surface area contributed by atoms with Gasteiger partial charge in [0.15, 0.2) is 0 Å². The molecular formula is C7H6ClF. The molecule has 0 aliphatic heterocycles. The van der Waals surface area contributed by atoms with E-state index >= 15 is 0 Å². The van der Waals surface area contributed by atoms with E-state index in [1.54, 1.807) is 12.2 Å². The van der Waals surface area contributed by atoms with E-state index in [1.165, 1.54) is 6.08 Å². The second-order valence-electron chi connectivity index (χ2n) is 1.73. The Morgan fingerprint density at radius 2 is 2.33 bits per heavy atom. The van der Waals surface area contributed by atoms with E-state index in [4.69, 9.17) is 11.6 Å². The Kier molecular flexibility index (Phi) is 2.06. The van der Waals surface area contributed by atoms with Crippen molar-refractivity contribution in [2.24, 2.45) is 0 Å². The molecule has 9 heavy (non-hydrogen) atoms. The molecule has 2 heteroatoms. The lowest BCUT2D eigenvalue weighted by Gasteiger charge is -1.87. The van der Waals surface area contributed by atoms with Gasteiger partial charge in [-0.15, -0.1) is 0 Å². The van der Waals surface area contributed by atoms with Crippen molar-refractivity contribution in [3.63, 3.8) is 0 Å². The van der Waals surface area contributed by atoms with Crippen molar-refractivity contribution in [2.45, 2.75) is 6.42 Å². The summed E-state index contributed by atoms with van der Waals surface area (Å²) in [7, 11) is 0. The Morgan fingerprint density at radius 1 is 1.56 bits per heavy atom. The highest BCUT2D eigenvalue weighted by Crippen LogP contribution is 2.18. The summed E-state index contributed by atoms with van der Waals surface area (Å²) in [6.07, 6.45) is 7.20. The zero-order valence-electron chi connectivity index (χ0n) is 4.77. The predicted molar refractivity (Wildman–Crippen MR) is 36.9 cm³/mol. The largest absolute Gasteiger partial charge is 0.205 e. The van der Waals surface area contributed by atoms with Crippen LogP contribution in [0.15, 0.2) is 35.2 Å². The van der Waals surface area contributed by atoms with Gasteiger partial charge in [0.05, 0.1) is 5.03 Å². The van der Waals surface area contributed by atoms with Crippen molar-refractivity contribution in [1.29, 1.82) is 0 Å². The van der Waals surface area contributed by atoms with Crippen molar-refractivity contribution < 1.29 is 4.39 Å². The Balaban J connectivity index is 2.85. The van der Waals surface area contributed by atoms with Crippen LogP contribution in [0.5, 0.6) is 0 Å². The van der Waals surface area contributed by atoms with Gasteiger partial charge in [0.2, 0.25) is 0 Å². The molecule has 0 saturated carbocycles. The van der Waals surface area contributed by atoms with Gasteiger partial charge in [-0.1, -0.05) is 29.8 Å². The van der Waals surface area contributed by atoms with Crippen LogP contribution in [0.2, 0.25) is 0 Å². The SMILES string of the molecule is FC1=CC=CCC=C1Cl. The van der Waals surface area contributed by atoms with E-state index < -0.39 is 0 Å². The van der Waals surface area contributed by atoms with Crippen LogP contribution in [0.4, 0.5) is 4.39 Å². The third-order valence-corrected chi connectivity index (χ3v) is 1.37. The van der Waals surface area contributed by atoms with Crippen molar-refractivity contribution in [1.82, 2.24) is 0 Å². The van der Waals surface area contributed by atoms with Gasteiger partial charge in [-0.3, -0.25) is 0 Å². The van der Waals surface area contributed by atoms with E-state index in [9.17, 15) is 4.39 Å². The Morgan fingerprint density at radius 3 is 3.11 bits per heavy atom. The smallest absolute Gasteiger partial charge is 0.141 e. The summed E-state index contributed by atoms with van der Waals surface area (Å²) < 4.78 is 12.4. The first-order chi connectivity index (χ1) is 4.30. The molecule has 0 N–H and O–H groups in total. The van der Waals surface area contributed by atoms with E-state index in [0.29, 0.717) is 6.42 Å². The van der Waals surface area contributed by atoms with Gasteiger partial charge in [0, 0.05) is 0 Å². The van der Waals surface area contributed by atoms with Crippen molar-refractivity contribution >= 4 is 11.6 Å². The van der Waals surface area contributed by atoms with Crippen molar-refractivity contribution in [2.75, 3.05) is 0 Å². The molecule has 0 aromatic rings. The van der Waals surface area contributed by atoms with Gasteiger partial charge in [-0.2, -0.15) is 0 Å². The molecule has 0 fully saturated rings. The summed E-state index contributed by atoms with van der Waals surface area (Å²) in [6.45, 7) is 0. The molecule has 0 bridgehead atoms. The fourth-order valence-corrected chi connectivity index (χ4v) is 0.732. The molecule has 0 radical (unpaired) electrons. The second kappa shape index (κ2) is 2.83. The molecule has 0 spiro atoms. The van der Waals surface area contributed by atoms with Crippen LogP contribution < -0.4 is 0 Å². The lowest BCUT2D eigenvalue weighted by Crippen LogP contribution is -1.68. The number of hydrogen-bond acceptors (Lipinski definition) is 0. The highest BCUT2D eigenvalue weighted by atomic mass is 35.5. The molecule has 0 nitrogen and oxygen atoms in total. The fraction of sp³-hybridized carbons (Fsp3) is 0.143. The molecule has 1 aliphatic carbocycles. The summed E-state index contributed by atoms with van der Waals surface area (Å²) in [5.41, 5.74) is 0. The molecule has 0 saturated heterocycles. The van der Waals surface area contributed by atoms with Crippen LogP contribution >= 0.6 is 11.6 Å². The van der Waals surface area contributed by atoms with Crippen LogP contribution in [-0.2, 0) is 0 Å². The van der Waals surface area contributed by atoms with E-state index in [0.717, 1.165) is 0 Å². The fourth-order valence-electron chi connectivity index (χ4n) is 0.580. The summed E-state index contributed by atoms with van der Waals surface area (Å²) in [5.74, 6) is -0.356. The Labute approximate surface area is 58.3 Å². The highest BCUT2D eigenvalue weighted by Gasteiger charge is 1.98. The summed E-state index contributed by atoms with van der Waals surface area (Å²) in [6, 6.07) is 0. The van der Waals surface area contributed by atoms with Crippen LogP contribution in [0.25, 0.3) is 0 Å². The van der Waals surface area contributed by atoms with E-state index in [2.05, 4.69) is 0 Å². The molecule has 0 atom stereocenters. The zero-order chi connectivity index (χ0) is 6.69. The minimum atomic E-state index is -0.356. The average Bonchev–Trinajstić information content (AvgIpc) is 1.99. The molecule has 1 rings (SSSR count). The lowest BCUT2D eigenvalue weighted by atomic mass is 10.4. The third kappa shape index (κ3) is 1.68. The molecule has 0 amide bonds. The second-order valence-corrected chi connectivity index (χ2v) is 2.14. The standard InChI is InChI=1S/C7H6ClF/c8-6-4-2-1-3-5-7(6)9/h1,3-5H,2H2. The number of hydrogen-bond donors (Lipinski definition) is 0. The summed E-state index contributed by atoms with van der Waals surface area (Å²) in [4.78, 5) is 0. The maximum atomic E-state index is 12.4. The highest BCUT2D eigenvalue weighted by molar-refractivity contribution is 6.31. The minimum absolute atomic E-state index is 0.208. The quantitative estimate of drug-likeness (QED) is 0.491. The summed E-state index contributed by atoms with van der Waals surface area (Å²) >= 11 is 5.45. The topological polar surface area (TPSA) is 0 Å². The molecule has 0 unspecified atom stereocenters. The van der Waals surface area contributed by atoms with Gasteiger partial charge >= 0.3 is 0 Å². The molecule has 0 heterocycles. The van der Waals surface area contributed by atoms with Crippen LogP contribution in [-0.4, -0.2) is 0 Å². The molecule has 1 aliphatic rings. The van der Waals surface area contributed by atoms with Gasteiger partial charge in [-0.25, -0.2) is 4.39 Å². The maximum Gasteiger partial charge on any atom is 0.141 e. The monoisotopic (exact) mass is 144 g/mol. The first-order valence-electron chi connectivity index (χ1n) is 2.69. The molecule has 48 valence electrons. The molecule has 0 aromatic heterocycles. The molecule has 0 aromatic carbocycles. The predicted octanol–water partition coefficient (Wildman–Crippen LogP) is 2.92. The first kappa shape index (κ1) is 6.56. The van der Waals surface area contributed by atoms with E-state index in [1.807, 2.05) is 6.08 Å². The first-order valence-corrected chi connectivity index (χ1v) is 3.07. The van der Waals surface area contributed by atoms with Gasteiger partial charge < -0.3 is 0 Å². The van der Waals surface area contributed by atoms with Gasteiger partial charge in [-0.05, 0) is 12.5 Å². The number of allylic oxidation sites excluding steroid dienone is 6. The summed E-state index contributed by atoms with van der Waals surface area (Å²) in [5, 5.41) is 0.208. The molecular weight excluding hydrogens is 139 g/mol. The van der Waals surface area contributed by atoms with E-state index in [-0.39, 0.29) is 10.9 Å². The van der Waals surface area contributed by atoms with Gasteiger partial charge in [0.25, 0.3) is 0 Å². The maximum absolute atomic E-state index is 12.4. The van der Waals surface area contributed by atoms with Crippen molar-refractivity contribution in [3.05, 3.63) is 35.2 Å². The zero-order valence-corrected chi connectivity index (χ0v) is 5.53. The van der Waals surface area contributed by atoms with Crippen LogP contribution in [0.1, 0.15) is 6.42 Å². The Hall–Kier alpha value is -0.560. The van der Waals surface area contributed by atoms with Crippen molar-refractivity contribution in [3.8, 4) is 0 Å². The average molecular weight is 145 g/mol. The van der Waals surface area contributed by atoms with Gasteiger partial charge in [0.1, 0.15) is 5.83 Å². The lowest BCUT2D eigenvalue weighted by molar-refractivity contribution is 0.662. The third-order valence-electron chi connectivity index (χ3n) is 1.04. The number of rotatable bonds is 0. The minimum Gasteiger partial charge on any atom is -0.205 e. The normalized spacial score (nSPS) is 18.4. The number of halogens is 2. The van der Waals surface area contributed by atoms with Crippen LogP contribution in [0.3, 0.4) is 0 Å². The van der Waals surface area contributed by atoms with Crippen LogP contribution in [0, 0.1) is 0 Å². The Bertz CT molecular complexity index is 189.